The molecule has 2 fully saturated rings. The fourth-order valence-corrected chi connectivity index (χ4v) is 2.68. The van der Waals surface area contributed by atoms with Gasteiger partial charge in [-0.1, -0.05) is 19.3 Å². The summed E-state index contributed by atoms with van der Waals surface area (Å²) in [6.07, 6.45) is 4.75. The lowest BCUT2D eigenvalue weighted by Crippen LogP contribution is -2.52. The minimum absolute atomic E-state index is 0.124. The number of nitrogens with one attached hydrogen (secondary N) is 1. The molecule has 1 heterocycles. The zero-order valence-electron chi connectivity index (χ0n) is 8.79. The van der Waals surface area contributed by atoms with Crippen molar-refractivity contribution in [3.8, 4) is 0 Å². The predicted molar refractivity (Wildman–Crippen MR) is 55.1 cm³/mol. The van der Waals surface area contributed by atoms with Crippen LogP contribution < -0.4 is 11.1 Å². The van der Waals surface area contributed by atoms with Crippen molar-refractivity contribution in [3.63, 3.8) is 0 Å². The summed E-state index contributed by atoms with van der Waals surface area (Å²) in [5, 5.41) is 2.40. The lowest BCUT2D eigenvalue weighted by atomic mass is 9.80. The Hall–Kier alpha value is -1.10. The van der Waals surface area contributed by atoms with Gasteiger partial charge in [0.2, 0.25) is 0 Å². The van der Waals surface area contributed by atoms with Gasteiger partial charge in [-0.2, -0.15) is 0 Å². The lowest BCUT2D eigenvalue weighted by Gasteiger charge is -2.37. The molecule has 0 radical (unpaired) electrons. The average Bonchev–Trinajstić information content (AvgIpc) is 2.45. The molecule has 0 unspecified atom stereocenters. The first-order valence-corrected chi connectivity index (χ1v) is 5.54. The van der Waals surface area contributed by atoms with E-state index in [1.165, 1.54) is 0 Å². The van der Waals surface area contributed by atoms with E-state index < -0.39 is 5.54 Å². The Labute approximate surface area is 89.0 Å². The van der Waals surface area contributed by atoms with E-state index in [1.807, 2.05) is 0 Å². The summed E-state index contributed by atoms with van der Waals surface area (Å²) in [7, 11) is 0. The van der Waals surface area contributed by atoms with Gasteiger partial charge in [-0.25, -0.2) is 4.79 Å². The van der Waals surface area contributed by atoms with Gasteiger partial charge in [0.25, 0.3) is 5.91 Å². The number of hydrogen-bond donors (Lipinski definition) is 2. The minimum Gasteiger partial charge on any atom is -0.329 e. The molecule has 0 aromatic rings. The van der Waals surface area contributed by atoms with Gasteiger partial charge in [-0.3, -0.25) is 10.1 Å². The molecule has 1 saturated heterocycles. The summed E-state index contributed by atoms with van der Waals surface area (Å²) < 4.78 is 0. The quantitative estimate of drug-likeness (QED) is 0.641. The molecule has 0 atom stereocenters. The molecule has 1 spiro atoms. The van der Waals surface area contributed by atoms with Crippen molar-refractivity contribution in [2.45, 2.75) is 37.6 Å². The minimum atomic E-state index is -0.575. The largest absolute Gasteiger partial charge is 0.329 e. The highest BCUT2D eigenvalue weighted by Crippen LogP contribution is 2.36. The van der Waals surface area contributed by atoms with E-state index in [1.54, 1.807) is 4.90 Å². The Morgan fingerprint density at radius 2 is 1.93 bits per heavy atom. The molecule has 3 amide bonds. The van der Waals surface area contributed by atoms with Crippen molar-refractivity contribution < 1.29 is 9.59 Å². The Balaban J connectivity index is 2.24. The molecule has 15 heavy (non-hydrogen) atoms. The second-order valence-corrected chi connectivity index (χ2v) is 4.29. The van der Waals surface area contributed by atoms with Crippen LogP contribution in [-0.4, -0.2) is 35.5 Å². The molecule has 2 rings (SSSR count). The van der Waals surface area contributed by atoms with Crippen LogP contribution in [0.25, 0.3) is 0 Å². The number of imide groups is 1. The van der Waals surface area contributed by atoms with Crippen LogP contribution in [0, 0.1) is 0 Å². The molecule has 84 valence electrons. The van der Waals surface area contributed by atoms with Gasteiger partial charge in [0.15, 0.2) is 0 Å². The summed E-state index contributed by atoms with van der Waals surface area (Å²) >= 11 is 0. The SMILES string of the molecule is NCCN1C(=O)NC(=O)C12CCCCC2. The Bertz CT molecular complexity index is 284. The molecular weight excluding hydrogens is 194 g/mol. The maximum atomic E-state index is 11.8. The number of hydrogen-bond acceptors (Lipinski definition) is 3. The van der Waals surface area contributed by atoms with Gasteiger partial charge < -0.3 is 10.6 Å². The molecule has 3 N–H and O–H groups in total. The summed E-state index contributed by atoms with van der Waals surface area (Å²) in [6.45, 7) is 0.875. The van der Waals surface area contributed by atoms with Crippen LogP contribution in [0.5, 0.6) is 0 Å². The fourth-order valence-electron chi connectivity index (χ4n) is 2.68. The third kappa shape index (κ3) is 1.51. The van der Waals surface area contributed by atoms with Crippen molar-refractivity contribution in [2.75, 3.05) is 13.1 Å². The van der Waals surface area contributed by atoms with Gasteiger partial charge >= 0.3 is 6.03 Å². The topological polar surface area (TPSA) is 75.4 Å². The van der Waals surface area contributed by atoms with Crippen molar-refractivity contribution in [1.82, 2.24) is 10.2 Å². The number of amides is 3. The van der Waals surface area contributed by atoms with Crippen molar-refractivity contribution in [2.24, 2.45) is 5.73 Å². The standard InChI is InChI=1S/C10H17N3O2/c11-6-7-13-9(15)12-8(14)10(13)4-2-1-3-5-10/h1-7,11H2,(H,12,14,15). The number of nitrogens with zero attached hydrogens (tertiary/aromatic N) is 1. The van der Waals surface area contributed by atoms with Gasteiger partial charge in [0.05, 0.1) is 0 Å². The molecule has 0 aromatic heterocycles. The zero-order chi connectivity index (χ0) is 10.9. The third-order valence-electron chi connectivity index (χ3n) is 3.44. The molecule has 1 saturated carbocycles. The van der Waals surface area contributed by atoms with E-state index in [9.17, 15) is 9.59 Å². The number of rotatable bonds is 2. The van der Waals surface area contributed by atoms with E-state index in [2.05, 4.69) is 5.32 Å². The van der Waals surface area contributed by atoms with E-state index in [4.69, 9.17) is 5.73 Å². The normalized spacial score (nSPS) is 24.7. The summed E-state index contributed by atoms with van der Waals surface area (Å²) in [5.41, 5.74) is 4.90. The molecule has 0 aromatic carbocycles. The first-order chi connectivity index (χ1) is 7.20. The lowest BCUT2D eigenvalue weighted by molar-refractivity contribution is -0.128. The fraction of sp³-hybridized carbons (Fsp3) is 0.800. The van der Waals surface area contributed by atoms with Crippen LogP contribution in [0.3, 0.4) is 0 Å². The molecular formula is C10H17N3O2. The van der Waals surface area contributed by atoms with Crippen LogP contribution in [-0.2, 0) is 4.79 Å². The monoisotopic (exact) mass is 211 g/mol. The maximum absolute atomic E-state index is 11.8. The van der Waals surface area contributed by atoms with Gasteiger partial charge in [-0.05, 0) is 12.8 Å². The first kappa shape index (κ1) is 10.4. The van der Waals surface area contributed by atoms with Crippen LogP contribution in [0.2, 0.25) is 0 Å². The summed E-state index contributed by atoms with van der Waals surface area (Å²) in [6, 6.07) is -0.271. The number of nitrogens with two attached hydrogens (primary N) is 1. The Morgan fingerprint density at radius 3 is 2.53 bits per heavy atom. The Kier molecular flexibility index (Phi) is 2.65. The van der Waals surface area contributed by atoms with Crippen molar-refractivity contribution in [1.29, 1.82) is 0 Å². The van der Waals surface area contributed by atoms with Gasteiger partial charge in [0.1, 0.15) is 5.54 Å². The summed E-state index contributed by atoms with van der Waals surface area (Å²) in [4.78, 5) is 25.1. The first-order valence-electron chi connectivity index (χ1n) is 5.54. The van der Waals surface area contributed by atoms with E-state index in [0.29, 0.717) is 13.1 Å². The number of carbonyl (C=O) groups is 2. The summed E-state index contributed by atoms with van der Waals surface area (Å²) in [5.74, 6) is -0.124. The zero-order valence-corrected chi connectivity index (χ0v) is 8.79. The van der Waals surface area contributed by atoms with Crippen molar-refractivity contribution in [3.05, 3.63) is 0 Å². The van der Waals surface area contributed by atoms with Crippen LogP contribution in [0.1, 0.15) is 32.1 Å². The second kappa shape index (κ2) is 3.81. The Morgan fingerprint density at radius 1 is 1.27 bits per heavy atom. The predicted octanol–water partition coefficient (Wildman–Crippen LogP) is 0.200. The van der Waals surface area contributed by atoms with Crippen LogP contribution >= 0.6 is 0 Å². The van der Waals surface area contributed by atoms with Crippen molar-refractivity contribution >= 4 is 11.9 Å². The number of carbonyl (C=O) groups excluding carboxylic acids is 2. The van der Waals surface area contributed by atoms with E-state index >= 15 is 0 Å². The molecule has 1 aliphatic heterocycles. The van der Waals surface area contributed by atoms with Gasteiger partial charge in [0, 0.05) is 13.1 Å². The highest BCUT2D eigenvalue weighted by Gasteiger charge is 2.52. The number of urea groups is 1. The van der Waals surface area contributed by atoms with Crippen LogP contribution in [0.15, 0.2) is 0 Å². The van der Waals surface area contributed by atoms with Gasteiger partial charge in [-0.15, -0.1) is 0 Å². The second-order valence-electron chi connectivity index (χ2n) is 4.29. The molecule has 0 bridgehead atoms. The average molecular weight is 211 g/mol. The highest BCUT2D eigenvalue weighted by atomic mass is 16.2. The maximum Gasteiger partial charge on any atom is 0.325 e. The van der Waals surface area contributed by atoms with E-state index in [-0.39, 0.29) is 11.9 Å². The third-order valence-corrected chi connectivity index (χ3v) is 3.44. The molecule has 5 heteroatoms. The molecule has 2 aliphatic rings. The highest BCUT2D eigenvalue weighted by molar-refractivity contribution is 6.07. The molecule has 1 aliphatic carbocycles. The molecule has 5 nitrogen and oxygen atoms in total. The van der Waals surface area contributed by atoms with Crippen LogP contribution in [0.4, 0.5) is 4.79 Å². The van der Waals surface area contributed by atoms with E-state index in [0.717, 1.165) is 32.1 Å². The smallest absolute Gasteiger partial charge is 0.325 e.